The number of carboxylic acid groups (broad SMARTS) is 1. The lowest BCUT2D eigenvalue weighted by Gasteiger charge is -2.38. The van der Waals surface area contributed by atoms with Gasteiger partial charge in [-0.05, 0) is 6.07 Å². The average molecular weight is 398 g/mol. The Kier molecular flexibility index (Phi) is 5.46. The number of nitrogens with two attached hydrogens (primary N) is 1. The Morgan fingerprint density at radius 1 is 1.22 bits per heavy atom. The molecule has 1 aliphatic heterocycles. The van der Waals surface area contributed by atoms with E-state index >= 15 is 0 Å². The fourth-order valence-corrected chi connectivity index (χ4v) is 2.34. The molecule has 1 unspecified atom stereocenters. The largest absolute Gasteiger partial charge is 0.479 e. The van der Waals surface area contributed by atoms with E-state index in [0.717, 1.165) is 0 Å². The maximum atomic E-state index is 12.9. The van der Waals surface area contributed by atoms with Gasteiger partial charge in [0.1, 0.15) is 23.9 Å². The fourth-order valence-electron chi connectivity index (χ4n) is 2.34. The highest BCUT2D eigenvalue weighted by Crippen LogP contribution is 2.41. The molecule has 6 N–H and O–H groups in total. The van der Waals surface area contributed by atoms with Crippen molar-refractivity contribution in [1.82, 2.24) is 0 Å². The number of benzene rings is 1. The van der Waals surface area contributed by atoms with Crippen LogP contribution in [0, 0.1) is 10.1 Å². The Morgan fingerprint density at radius 2 is 1.81 bits per heavy atom. The average Bonchev–Trinajstić information content (AvgIpc) is 2.55. The van der Waals surface area contributed by atoms with Crippen molar-refractivity contribution in [2.75, 3.05) is 5.73 Å². The Labute approximate surface area is 147 Å². The number of ether oxygens (including phenoxy) is 2. The first kappa shape index (κ1) is 20.6. The summed E-state index contributed by atoms with van der Waals surface area (Å²) < 4.78 is 48.4. The van der Waals surface area contributed by atoms with Gasteiger partial charge in [-0.25, -0.2) is 4.79 Å². The van der Waals surface area contributed by atoms with Crippen LogP contribution in [0.5, 0.6) is 5.75 Å². The SMILES string of the molecule is Nc1cc(C(F)(F)F)c([N+](=O)[O-])cc1OC1O[C@H](C(=O)O)[C@@H](O)[C@H](O)[C@H]1O. The molecular weight excluding hydrogens is 385 g/mol. The maximum absolute atomic E-state index is 12.9. The van der Waals surface area contributed by atoms with Crippen LogP contribution in [0.15, 0.2) is 12.1 Å². The lowest BCUT2D eigenvalue weighted by molar-refractivity contribution is -0.388. The summed E-state index contributed by atoms with van der Waals surface area (Å²) in [5.41, 5.74) is 1.61. The fraction of sp³-hybridized carbons (Fsp3) is 0.462. The number of aliphatic hydroxyl groups excluding tert-OH is 3. The minimum atomic E-state index is -5.09. The molecule has 1 saturated heterocycles. The molecule has 150 valence electrons. The highest BCUT2D eigenvalue weighted by atomic mass is 19.4. The zero-order valence-electron chi connectivity index (χ0n) is 13.0. The normalized spacial score (nSPS) is 28.6. The van der Waals surface area contributed by atoms with Crippen LogP contribution >= 0.6 is 0 Å². The van der Waals surface area contributed by atoms with Crippen molar-refractivity contribution in [1.29, 1.82) is 0 Å². The van der Waals surface area contributed by atoms with E-state index in [9.17, 15) is 43.4 Å². The van der Waals surface area contributed by atoms with Gasteiger partial charge >= 0.3 is 12.1 Å². The quantitative estimate of drug-likeness (QED) is 0.251. The van der Waals surface area contributed by atoms with E-state index in [1.54, 1.807) is 0 Å². The summed E-state index contributed by atoms with van der Waals surface area (Å²) in [5.74, 6) is -2.46. The number of nitrogen functional groups attached to an aromatic ring is 1. The van der Waals surface area contributed by atoms with E-state index in [0.29, 0.717) is 6.07 Å². The van der Waals surface area contributed by atoms with E-state index in [1.165, 1.54) is 0 Å². The van der Waals surface area contributed by atoms with E-state index in [4.69, 9.17) is 20.3 Å². The van der Waals surface area contributed by atoms with Crippen molar-refractivity contribution in [3.63, 3.8) is 0 Å². The first-order valence-corrected chi connectivity index (χ1v) is 7.08. The summed E-state index contributed by atoms with van der Waals surface area (Å²) in [6.45, 7) is 0. The van der Waals surface area contributed by atoms with Crippen LogP contribution in [0.4, 0.5) is 24.5 Å². The number of nitro benzene ring substituents is 1. The van der Waals surface area contributed by atoms with E-state index < -0.39 is 70.5 Å². The zero-order chi connectivity index (χ0) is 20.7. The first-order chi connectivity index (χ1) is 12.3. The van der Waals surface area contributed by atoms with Gasteiger partial charge in [0, 0.05) is 0 Å². The number of halogens is 3. The second-order valence-corrected chi connectivity index (χ2v) is 5.51. The van der Waals surface area contributed by atoms with Crippen LogP contribution in [-0.4, -0.2) is 62.0 Å². The molecule has 1 aromatic rings. The van der Waals surface area contributed by atoms with Gasteiger partial charge in [-0.3, -0.25) is 10.1 Å². The number of aliphatic carboxylic acids is 1. The van der Waals surface area contributed by atoms with Crippen molar-refractivity contribution >= 4 is 17.3 Å². The third-order valence-corrected chi connectivity index (χ3v) is 3.69. The number of aliphatic hydroxyl groups is 3. The summed E-state index contributed by atoms with van der Waals surface area (Å²) in [6.07, 6.45) is -15.2. The Hall–Kier alpha value is -2.68. The molecule has 0 radical (unpaired) electrons. The number of hydrogen-bond acceptors (Lipinski definition) is 9. The standard InChI is InChI=1S/C13H13F3N2O9/c14-13(15,16)3-1-4(17)6(2-5(3)18(24)25)26-12-9(21)7(19)8(20)10(27-12)11(22)23/h1-2,7-10,12,19-21H,17H2,(H,22,23)/t7-,8-,9+,10-,12?/m0/s1. The number of alkyl halides is 3. The highest BCUT2D eigenvalue weighted by Gasteiger charge is 2.48. The van der Waals surface area contributed by atoms with Gasteiger partial charge in [-0.15, -0.1) is 0 Å². The number of hydrogen-bond donors (Lipinski definition) is 5. The third kappa shape index (κ3) is 4.02. The Morgan fingerprint density at radius 3 is 2.30 bits per heavy atom. The van der Waals surface area contributed by atoms with Crippen LogP contribution < -0.4 is 10.5 Å². The van der Waals surface area contributed by atoms with Crippen molar-refractivity contribution in [2.45, 2.75) is 36.9 Å². The summed E-state index contributed by atoms with van der Waals surface area (Å²) >= 11 is 0. The molecule has 1 heterocycles. The van der Waals surface area contributed by atoms with Crippen LogP contribution in [0.2, 0.25) is 0 Å². The molecule has 27 heavy (non-hydrogen) atoms. The molecule has 11 nitrogen and oxygen atoms in total. The molecule has 0 aliphatic carbocycles. The zero-order valence-corrected chi connectivity index (χ0v) is 13.0. The molecule has 0 aromatic heterocycles. The topological polar surface area (TPSA) is 186 Å². The van der Waals surface area contributed by atoms with Crippen LogP contribution in [-0.2, 0) is 15.7 Å². The summed E-state index contributed by atoms with van der Waals surface area (Å²) in [5, 5.41) is 48.9. The molecule has 0 bridgehead atoms. The van der Waals surface area contributed by atoms with Gasteiger partial charge < -0.3 is 35.6 Å². The predicted molar refractivity (Wildman–Crippen MR) is 77.5 cm³/mol. The number of anilines is 1. The minimum Gasteiger partial charge on any atom is -0.479 e. The van der Waals surface area contributed by atoms with E-state index in [1.807, 2.05) is 0 Å². The van der Waals surface area contributed by atoms with Gasteiger partial charge in [0.05, 0.1) is 16.7 Å². The van der Waals surface area contributed by atoms with Crippen molar-refractivity contribution in [3.05, 3.63) is 27.8 Å². The summed E-state index contributed by atoms with van der Waals surface area (Å²) in [4.78, 5) is 20.6. The van der Waals surface area contributed by atoms with E-state index in [-0.39, 0.29) is 6.07 Å². The number of carbonyl (C=O) groups is 1. The van der Waals surface area contributed by atoms with Crippen LogP contribution in [0.25, 0.3) is 0 Å². The predicted octanol–water partition coefficient (Wildman–Crippen LogP) is -0.533. The lowest BCUT2D eigenvalue weighted by Crippen LogP contribution is -2.61. The molecule has 0 amide bonds. The molecule has 1 aliphatic rings. The molecule has 5 atom stereocenters. The Bertz CT molecular complexity index is 757. The number of carboxylic acids is 1. The van der Waals surface area contributed by atoms with Crippen molar-refractivity contribution in [3.8, 4) is 5.75 Å². The Balaban J connectivity index is 2.40. The van der Waals surface area contributed by atoms with Crippen LogP contribution in [0.3, 0.4) is 0 Å². The minimum absolute atomic E-state index is 0.225. The number of nitro groups is 1. The second kappa shape index (κ2) is 7.15. The molecule has 0 saturated carbocycles. The molecule has 1 aromatic carbocycles. The summed E-state index contributed by atoms with van der Waals surface area (Å²) in [6, 6.07) is 0.546. The monoisotopic (exact) mass is 398 g/mol. The number of nitrogens with zero attached hydrogens (tertiary/aromatic N) is 1. The van der Waals surface area contributed by atoms with Crippen molar-refractivity contribution < 1.29 is 52.8 Å². The van der Waals surface area contributed by atoms with Crippen molar-refractivity contribution in [2.24, 2.45) is 0 Å². The van der Waals surface area contributed by atoms with Gasteiger partial charge in [0.2, 0.25) is 6.29 Å². The lowest BCUT2D eigenvalue weighted by atomic mass is 9.99. The van der Waals surface area contributed by atoms with Gasteiger partial charge in [0.15, 0.2) is 11.9 Å². The second-order valence-electron chi connectivity index (χ2n) is 5.51. The third-order valence-electron chi connectivity index (χ3n) is 3.69. The molecule has 14 heteroatoms. The maximum Gasteiger partial charge on any atom is 0.423 e. The smallest absolute Gasteiger partial charge is 0.423 e. The summed E-state index contributed by atoms with van der Waals surface area (Å²) in [7, 11) is 0. The molecule has 0 spiro atoms. The highest BCUT2D eigenvalue weighted by molar-refractivity contribution is 5.73. The van der Waals surface area contributed by atoms with Gasteiger partial charge in [0.25, 0.3) is 5.69 Å². The first-order valence-electron chi connectivity index (χ1n) is 7.08. The van der Waals surface area contributed by atoms with Gasteiger partial charge in [-0.1, -0.05) is 0 Å². The van der Waals surface area contributed by atoms with E-state index in [2.05, 4.69) is 0 Å². The van der Waals surface area contributed by atoms with Crippen LogP contribution in [0.1, 0.15) is 5.56 Å². The molecule has 1 fully saturated rings. The molecular formula is C13H13F3N2O9. The molecule has 2 rings (SSSR count). The number of rotatable bonds is 4. The van der Waals surface area contributed by atoms with Gasteiger partial charge in [-0.2, -0.15) is 13.2 Å².